The lowest BCUT2D eigenvalue weighted by Gasteiger charge is -2.14. The lowest BCUT2D eigenvalue weighted by atomic mass is 10.0. The van der Waals surface area contributed by atoms with Gasteiger partial charge in [-0.05, 0) is 35.4 Å². The van der Waals surface area contributed by atoms with Crippen LogP contribution in [0.15, 0.2) is 0 Å². The third-order valence-corrected chi connectivity index (χ3v) is 4.77. The Bertz CT molecular complexity index is 387. The van der Waals surface area contributed by atoms with Gasteiger partial charge in [-0.1, -0.05) is 38.3 Å². The van der Waals surface area contributed by atoms with Crippen molar-refractivity contribution in [3.8, 4) is 0 Å². The standard InChI is InChI=1S/C12H16ClIN2/c1-7(2)12-15-10(8-5-3-4-6-8)9(14)11(13)16-12/h7-8H,3-6H2,1-2H3. The summed E-state index contributed by atoms with van der Waals surface area (Å²) in [6, 6.07) is 0. The van der Waals surface area contributed by atoms with E-state index in [1.807, 2.05) is 0 Å². The zero-order valence-electron chi connectivity index (χ0n) is 9.63. The fourth-order valence-corrected chi connectivity index (χ4v) is 3.05. The molecular weight excluding hydrogens is 335 g/mol. The van der Waals surface area contributed by atoms with Crippen LogP contribution in [0.1, 0.15) is 62.9 Å². The van der Waals surface area contributed by atoms with Crippen molar-refractivity contribution in [1.82, 2.24) is 9.97 Å². The zero-order valence-corrected chi connectivity index (χ0v) is 12.5. The van der Waals surface area contributed by atoms with Gasteiger partial charge < -0.3 is 0 Å². The van der Waals surface area contributed by atoms with Gasteiger partial charge >= 0.3 is 0 Å². The summed E-state index contributed by atoms with van der Waals surface area (Å²) in [6.45, 7) is 4.22. The summed E-state index contributed by atoms with van der Waals surface area (Å²) >= 11 is 8.46. The Kier molecular flexibility index (Phi) is 4.06. The molecule has 0 radical (unpaired) electrons. The molecule has 0 aliphatic heterocycles. The van der Waals surface area contributed by atoms with Crippen LogP contribution in [-0.2, 0) is 0 Å². The smallest absolute Gasteiger partial charge is 0.146 e. The van der Waals surface area contributed by atoms with Crippen LogP contribution < -0.4 is 0 Å². The SMILES string of the molecule is CC(C)c1nc(Cl)c(I)c(C2CCCC2)n1. The summed E-state index contributed by atoms with van der Waals surface area (Å²) in [7, 11) is 0. The lowest BCUT2D eigenvalue weighted by Crippen LogP contribution is -2.07. The molecule has 0 bridgehead atoms. The molecule has 1 saturated carbocycles. The first-order valence-corrected chi connectivity index (χ1v) is 7.28. The Morgan fingerprint density at radius 3 is 2.44 bits per heavy atom. The third-order valence-electron chi connectivity index (χ3n) is 3.11. The largest absolute Gasteiger partial charge is 0.236 e. The number of halogens is 2. The second-order valence-electron chi connectivity index (χ2n) is 4.71. The number of hydrogen-bond acceptors (Lipinski definition) is 2. The van der Waals surface area contributed by atoms with Gasteiger partial charge in [-0.15, -0.1) is 0 Å². The quantitative estimate of drug-likeness (QED) is 0.579. The van der Waals surface area contributed by atoms with Gasteiger partial charge in [-0.2, -0.15) is 0 Å². The highest BCUT2D eigenvalue weighted by atomic mass is 127. The van der Waals surface area contributed by atoms with Crippen LogP contribution in [0.25, 0.3) is 0 Å². The van der Waals surface area contributed by atoms with E-state index in [1.54, 1.807) is 0 Å². The van der Waals surface area contributed by atoms with Gasteiger partial charge in [-0.25, -0.2) is 9.97 Å². The number of nitrogens with zero attached hydrogens (tertiary/aromatic N) is 2. The molecule has 0 atom stereocenters. The minimum absolute atomic E-state index is 0.342. The molecule has 4 heteroatoms. The second-order valence-corrected chi connectivity index (χ2v) is 6.14. The molecule has 88 valence electrons. The van der Waals surface area contributed by atoms with Crippen LogP contribution in [0.4, 0.5) is 0 Å². The molecule has 2 rings (SSSR count). The summed E-state index contributed by atoms with van der Waals surface area (Å²) in [4.78, 5) is 9.06. The molecule has 1 aromatic heterocycles. The third kappa shape index (κ3) is 2.50. The monoisotopic (exact) mass is 350 g/mol. The maximum absolute atomic E-state index is 6.18. The van der Waals surface area contributed by atoms with E-state index in [2.05, 4.69) is 41.4 Å². The summed E-state index contributed by atoms with van der Waals surface area (Å²) in [5.74, 6) is 1.83. The van der Waals surface area contributed by atoms with Crippen molar-refractivity contribution in [1.29, 1.82) is 0 Å². The molecular formula is C12H16ClIN2. The van der Waals surface area contributed by atoms with Gasteiger partial charge in [-0.3, -0.25) is 0 Å². The van der Waals surface area contributed by atoms with Gasteiger partial charge in [0.1, 0.15) is 11.0 Å². The maximum Gasteiger partial charge on any atom is 0.146 e. The van der Waals surface area contributed by atoms with Crippen molar-refractivity contribution in [3.05, 3.63) is 20.2 Å². The summed E-state index contributed by atoms with van der Waals surface area (Å²) in [5.41, 5.74) is 1.18. The van der Waals surface area contributed by atoms with Crippen LogP contribution in [0.5, 0.6) is 0 Å². The van der Waals surface area contributed by atoms with E-state index in [1.165, 1.54) is 31.4 Å². The fourth-order valence-electron chi connectivity index (χ4n) is 2.18. The number of hydrogen-bond donors (Lipinski definition) is 0. The summed E-state index contributed by atoms with van der Waals surface area (Å²) in [6.07, 6.45) is 5.14. The normalized spacial score (nSPS) is 17.3. The average Bonchev–Trinajstić information content (AvgIpc) is 2.74. The van der Waals surface area contributed by atoms with Crippen molar-refractivity contribution in [2.45, 2.75) is 51.4 Å². The molecule has 0 saturated heterocycles. The molecule has 1 aliphatic rings. The Labute approximate surface area is 115 Å². The first-order chi connectivity index (χ1) is 7.59. The molecule has 0 unspecified atom stereocenters. The molecule has 1 aliphatic carbocycles. The highest BCUT2D eigenvalue weighted by Crippen LogP contribution is 2.37. The lowest BCUT2D eigenvalue weighted by molar-refractivity contribution is 0.664. The van der Waals surface area contributed by atoms with E-state index in [0.717, 1.165) is 9.39 Å². The molecule has 1 aromatic rings. The van der Waals surface area contributed by atoms with Gasteiger partial charge in [0.25, 0.3) is 0 Å². The highest BCUT2D eigenvalue weighted by molar-refractivity contribution is 14.1. The average molecular weight is 351 g/mol. The van der Waals surface area contributed by atoms with Crippen LogP contribution in [0.3, 0.4) is 0 Å². The van der Waals surface area contributed by atoms with Crippen LogP contribution >= 0.6 is 34.2 Å². The zero-order chi connectivity index (χ0) is 11.7. The molecule has 16 heavy (non-hydrogen) atoms. The first kappa shape index (κ1) is 12.6. The van der Waals surface area contributed by atoms with Crippen molar-refractivity contribution < 1.29 is 0 Å². The van der Waals surface area contributed by atoms with Gasteiger partial charge in [0, 0.05) is 11.8 Å². The second kappa shape index (κ2) is 5.17. The summed E-state index contributed by atoms with van der Waals surface area (Å²) in [5, 5.41) is 0.626. The molecule has 0 N–H and O–H groups in total. The van der Waals surface area contributed by atoms with Gasteiger partial charge in [0.15, 0.2) is 0 Å². The number of rotatable bonds is 2. The van der Waals surface area contributed by atoms with E-state index >= 15 is 0 Å². The Balaban J connectivity index is 2.41. The van der Waals surface area contributed by atoms with E-state index < -0.39 is 0 Å². The van der Waals surface area contributed by atoms with Crippen molar-refractivity contribution >= 4 is 34.2 Å². The topological polar surface area (TPSA) is 25.8 Å². The molecule has 2 nitrogen and oxygen atoms in total. The maximum atomic E-state index is 6.18. The van der Waals surface area contributed by atoms with Crippen LogP contribution in [0.2, 0.25) is 5.15 Å². The van der Waals surface area contributed by atoms with E-state index in [9.17, 15) is 0 Å². The minimum Gasteiger partial charge on any atom is -0.236 e. The summed E-state index contributed by atoms with van der Waals surface area (Å²) < 4.78 is 1.05. The van der Waals surface area contributed by atoms with Gasteiger partial charge in [0.2, 0.25) is 0 Å². The predicted molar refractivity (Wildman–Crippen MR) is 75.1 cm³/mol. The Morgan fingerprint density at radius 1 is 1.25 bits per heavy atom. The van der Waals surface area contributed by atoms with E-state index in [4.69, 9.17) is 16.6 Å². The molecule has 1 fully saturated rings. The van der Waals surface area contributed by atoms with E-state index in [-0.39, 0.29) is 0 Å². The van der Waals surface area contributed by atoms with Crippen LogP contribution in [0, 0.1) is 3.57 Å². The van der Waals surface area contributed by atoms with Crippen molar-refractivity contribution in [2.75, 3.05) is 0 Å². The van der Waals surface area contributed by atoms with Gasteiger partial charge in [0.05, 0.1) is 9.26 Å². The molecule has 1 heterocycles. The fraction of sp³-hybridized carbons (Fsp3) is 0.667. The predicted octanol–water partition coefficient (Wildman–Crippen LogP) is 4.52. The number of aromatic nitrogens is 2. The van der Waals surface area contributed by atoms with Crippen LogP contribution in [-0.4, -0.2) is 9.97 Å². The Morgan fingerprint density at radius 2 is 1.88 bits per heavy atom. The molecule has 0 spiro atoms. The van der Waals surface area contributed by atoms with Crippen molar-refractivity contribution in [3.63, 3.8) is 0 Å². The highest BCUT2D eigenvalue weighted by Gasteiger charge is 2.23. The molecule has 0 amide bonds. The minimum atomic E-state index is 0.342. The van der Waals surface area contributed by atoms with E-state index in [0.29, 0.717) is 17.0 Å². The first-order valence-electron chi connectivity index (χ1n) is 5.82. The molecule has 0 aromatic carbocycles. The van der Waals surface area contributed by atoms with Crippen molar-refractivity contribution in [2.24, 2.45) is 0 Å². The Hall–Kier alpha value is 0.1000.